The lowest BCUT2D eigenvalue weighted by atomic mass is 9.99. The van der Waals surface area contributed by atoms with E-state index in [9.17, 15) is 9.59 Å². The third kappa shape index (κ3) is 2.97. The van der Waals surface area contributed by atoms with Crippen LogP contribution in [0.5, 0.6) is 0 Å². The number of thiophene rings is 1. The summed E-state index contributed by atoms with van der Waals surface area (Å²) in [6, 6.07) is 9.59. The summed E-state index contributed by atoms with van der Waals surface area (Å²) < 4.78 is 0. The van der Waals surface area contributed by atoms with Crippen molar-refractivity contribution in [3.63, 3.8) is 0 Å². The second-order valence-corrected chi connectivity index (χ2v) is 6.05. The Morgan fingerprint density at radius 2 is 2.10 bits per heavy atom. The summed E-state index contributed by atoms with van der Waals surface area (Å²) >= 11 is 1.42. The molecule has 2 heterocycles. The zero-order chi connectivity index (χ0) is 14.8. The van der Waals surface area contributed by atoms with Gasteiger partial charge in [-0.1, -0.05) is 12.1 Å². The monoisotopic (exact) mass is 300 g/mol. The number of benzene rings is 1. The number of amides is 2. The predicted octanol–water partition coefficient (Wildman–Crippen LogP) is 2.91. The fourth-order valence-electron chi connectivity index (χ4n) is 2.50. The van der Waals surface area contributed by atoms with Crippen LogP contribution < -0.4 is 5.32 Å². The average Bonchev–Trinajstić information content (AvgIpc) is 3.00. The van der Waals surface area contributed by atoms with Gasteiger partial charge in [-0.25, -0.2) is 0 Å². The molecular formula is C16H16N2O2S. The molecule has 0 spiro atoms. The minimum atomic E-state index is -0.0933. The molecule has 5 heteroatoms. The van der Waals surface area contributed by atoms with E-state index < -0.39 is 0 Å². The van der Waals surface area contributed by atoms with Crippen molar-refractivity contribution in [1.29, 1.82) is 0 Å². The molecule has 2 amide bonds. The lowest BCUT2D eigenvalue weighted by Gasteiger charge is -2.28. The van der Waals surface area contributed by atoms with Crippen molar-refractivity contribution in [2.75, 3.05) is 11.9 Å². The molecule has 0 bridgehead atoms. The van der Waals surface area contributed by atoms with Crippen LogP contribution in [0.1, 0.15) is 27.7 Å². The van der Waals surface area contributed by atoms with Crippen LogP contribution in [0.3, 0.4) is 0 Å². The minimum Gasteiger partial charge on any atom is -0.338 e. The zero-order valence-electron chi connectivity index (χ0n) is 11.8. The van der Waals surface area contributed by atoms with E-state index in [1.165, 1.54) is 16.9 Å². The Morgan fingerprint density at radius 1 is 1.24 bits per heavy atom. The molecule has 2 aromatic rings. The van der Waals surface area contributed by atoms with Crippen LogP contribution in [-0.2, 0) is 17.8 Å². The van der Waals surface area contributed by atoms with Crippen LogP contribution >= 0.6 is 11.3 Å². The molecule has 0 unspecified atom stereocenters. The fourth-order valence-corrected chi connectivity index (χ4v) is 3.12. The Hall–Kier alpha value is -2.14. The Bertz CT molecular complexity index is 680. The second kappa shape index (κ2) is 5.69. The van der Waals surface area contributed by atoms with Crippen LogP contribution in [0.4, 0.5) is 5.69 Å². The molecule has 0 radical (unpaired) electrons. The Labute approximate surface area is 127 Å². The minimum absolute atomic E-state index is 0.0914. The van der Waals surface area contributed by atoms with Gasteiger partial charge in [0.25, 0.3) is 5.91 Å². The van der Waals surface area contributed by atoms with Gasteiger partial charge < -0.3 is 10.2 Å². The highest BCUT2D eigenvalue weighted by molar-refractivity contribution is 7.12. The third-order valence-electron chi connectivity index (χ3n) is 3.67. The maximum absolute atomic E-state index is 12.1. The maximum atomic E-state index is 12.1. The first-order chi connectivity index (χ1) is 10.1. The van der Waals surface area contributed by atoms with Crippen LogP contribution in [0.15, 0.2) is 35.7 Å². The molecule has 0 atom stereocenters. The van der Waals surface area contributed by atoms with E-state index in [-0.39, 0.29) is 11.8 Å². The molecule has 4 nitrogen and oxygen atoms in total. The molecule has 3 rings (SSSR count). The molecule has 1 aromatic carbocycles. The first kappa shape index (κ1) is 13.8. The van der Waals surface area contributed by atoms with Gasteiger partial charge in [-0.2, -0.15) is 0 Å². The maximum Gasteiger partial charge on any atom is 0.265 e. The van der Waals surface area contributed by atoms with Crippen LogP contribution in [0, 0.1) is 0 Å². The number of carbonyl (C=O) groups is 2. The predicted molar refractivity (Wildman–Crippen MR) is 83.5 cm³/mol. The first-order valence-electron chi connectivity index (χ1n) is 6.85. The standard InChI is InChI=1S/C16H16N2O2S/c1-11(19)18-7-6-12-4-5-14(9-13(12)10-18)17-16(20)15-3-2-8-21-15/h2-5,8-9H,6-7,10H2,1H3,(H,17,20). The van der Waals surface area contributed by atoms with Crippen molar-refractivity contribution < 1.29 is 9.59 Å². The van der Waals surface area contributed by atoms with Gasteiger partial charge in [0.15, 0.2) is 0 Å². The quantitative estimate of drug-likeness (QED) is 0.927. The molecule has 1 aromatic heterocycles. The smallest absolute Gasteiger partial charge is 0.265 e. The van der Waals surface area contributed by atoms with Crippen molar-refractivity contribution in [1.82, 2.24) is 4.90 Å². The summed E-state index contributed by atoms with van der Waals surface area (Å²) in [5.74, 6) is -0.00198. The highest BCUT2D eigenvalue weighted by Gasteiger charge is 2.18. The summed E-state index contributed by atoms with van der Waals surface area (Å²) in [6.45, 7) is 2.98. The Balaban J connectivity index is 1.78. The summed E-state index contributed by atoms with van der Waals surface area (Å²) in [5.41, 5.74) is 3.14. The van der Waals surface area contributed by atoms with Gasteiger partial charge in [-0.05, 0) is 41.1 Å². The van der Waals surface area contributed by atoms with E-state index in [1.54, 1.807) is 13.0 Å². The first-order valence-corrected chi connectivity index (χ1v) is 7.73. The molecule has 0 saturated carbocycles. The molecule has 108 valence electrons. The topological polar surface area (TPSA) is 49.4 Å². The number of nitrogens with one attached hydrogen (secondary N) is 1. The van der Waals surface area contributed by atoms with Gasteiger partial charge in [0.2, 0.25) is 5.91 Å². The number of carbonyl (C=O) groups excluding carboxylic acids is 2. The molecular weight excluding hydrogens is 284 g/mol. The number of rotatable bonds is 2. The van der Waals surface area contributed by atoms with Gasteiger partial charge >= 0.3 is 0 Å². The summed E-state index contributed by atoms with van der Waals surface area (Å²) in [7, 11) is 0. The number of hydrogen-bond acceptors (Lipinski definition) is 3. The van der Waals surface area contributed by atoms with Gasteiger partial charge in [-0.3, -0.25) is 9.59 Å². The molecule has 0 fully saturated rings. The highest BCUT2D eigenvalue weighted by Crippen LogP contribution is 2.23. The average molecular weight is 300 g/mol. The molecule has 0 saturated heterocycles. The molecule has 21 heavy (non-hydrogen) atoms. The van der Waals surface area contributed by atoms with Crippen LogP contribution in [0.25, 0.3) is 0 Å². The summed E-state index contributed by atoms with van der Waals surface area (Å²) in [4.78, 5) is 26.1. The molecule has 0 aliphatic carbocycles. The Kier molecular flexibility index (Phi) is 3.75. The van der Waals surface area contributed by atoms with E-state index in [2.05, 4.69) is 5.32 Å². The summed E-state index contributed by atoms with van der Waals surface area (Å²) in [6.07, 6.45) is 0.869. The summed E-state index contributed by atoms with van der Waals surface area (Å²) in [5, 5.41) is 4.79. The van der Waals surface area contributed by atoms with Crippen molar-refractivity contribution in [3.8, 4) is 0 Å². The van der Waals surface area contributed by atoms with Crippen LogP contribution in [0.2, 0.25) is 0 Å². The fraction of sp³-hybridized carbons (Fsp3) is 0.250. The lowest BCUT2D eigenvalue weighted by Crippen LogP contribution is -2.34. The Morgan fingerprint density at radius 3 is 2.81 bits per heavy atom. The van der Waals surface area contributed by atoms with E-state index in [0.717, 1.165) is 24.2 Å². The number of fused-ring (bicyclic) bond motifs is 1. The van der Waals surface area contributed by atoms with Gasteiger partial charge in [0, 0.05) is 25.7 Å². The van der Waals surface area contributed by atoms with E-state index in [1.807, 2.05) is 34.5 Å². The SMILES string of the molecule is CC(=O)N1CCc2ccc(NC(=O)c3cccs3)cc2C1. The van der Waals surface area contributed by atoms with Gasteiger partial charge in [0.1, 0.15) is 0 Å². The van der Waals surface area contributed by atoms with E-state index in [0.29, 0.717) is 11.4 Å². The molecule has 1 aliphatic heterocycles. The normalized spacial score (nSPS) is 13.7. The zero-order valence-corrected chi connectivity index (χ0v) is 12.6. The van der Waals surface area contributed by atoms with Crippen molar-refractivity contribution >= 4 is 28.8 Å². The number of anilines is 1. The number of hydrogen-bond donors (Lipinski definition) is 1. The molecule has 1 aliphatic rings. The van der Waals surface area contributed by atoms with Crippen molar-refractivity contribution in [2.24, 2.45) is 0 Å². The third-order valence-corrected chi connectivity index (χ3v) is 4.54. The van der Waals surface area contributed by atoms with Gasteiger partial charge in [-0.15, -0.1) is 11.3 Å². The highest BCUT2D eigenvalue weighted by atomic mass is 32.1. The van der Waals surface area contributed by atoms with E-state index in [4.69, 9.17) is 0 Å². The van der Waals surface area contributed by atoms with E-state index >= 15 is 0 Å². The second-order valence-electron chi connectivity index (χ2n) is 5.11. The van der Waals surface area contributed by atoms with Crippen LogP contribution in [-0.4, -0.2) is 23.3 Å². The number of nitrogens with zero attached hydrogens (tertiary/aromatic N) is 1. The largest absolute Gasteiger partial charge is 0.338 e. The lowest BCUT2D eigenvalue weighted by molar-refractivity contribution is -0.129. The van der Waals surface area contributed by atoms with Crippen molar-refractivity contribution in [3.05, 3.63) is 51.7 Å². The molecule has 1 N–H and O–H groups in total. The van der Waals surface area contributed by atoms with Gasteiger partial charge in [0.05, 0.1) is 4.88 Å². The van der Waals surface area contributed by atoms with Crippen molar-refractivity contribution in [2.45, 2.75) is 19.9 Å².